The maximum atomic E-state index is 11.4. The second-order valence-corrected chi connectivity index (χ2v) is 3.84. The first kappa shape index (κ1) is 13.3. The molecule has 0 saturated carbocycles. The van der Waals surface area contributed by atoms with Crippen LogP contribution in [0.4, 0.5) is 9.59 Å². The Balaban J connectivity index is 2.34. The van der Waals surface area contributed by atoms with Crippen molar-refractivity contribution in [1.29, 1.82) is 0 Å². The lowest BCUT2D eigenvalue weighted by molar-refractivity contribution is 0.0738. The SMILES string of the molecule is C=CCOC(=O)N1[CH]CC(OC(=O)N(C)C)C1. The Morgan fingerprint density at radius 3 is 2.88 bits per heavy atom. The normalized spacial score (nSPS) is 18.7. The molecule has 0 aliphatic carbocycles. The summed E-state index contributed by atoms with van der Waals surface area (Å²) in [6.07, 6.45) is 0.847. The zero-order valence-corrected chi connectivity index (χ0v) is 10.1. The first-order chi connectivity index (χ1) is 8.04. The fourth-order valence-corrected chi connectivity index (χ4v) is 1.31. The van der Waals surface area contributed by atoms with Crippen molar-refractivity contribution in [3.8, 4) is 0 Å². The van der Waals surface area contributed by atoms with Gasteiger partial charge in [0.2, 0.25) is 0 Å². The number of rotatable bonds is 3. The fourth-order valence-electron chi connectivity index (χ4n) is 1.31. The van der Waals surface area contributed by atoms with Gasteiger partial charge >= 0.3 is 12.2 Å². The van der Waals surface area contributed by atoms with Gasteiger partial charge in [0.25, 0.3) is 0 Å². The largest absolute Gasteiger partial charge is 0.445 e. The number of amides is 2. The van der Waals surface area contributed by atoms with Crippen LogP contribution in [0.15, 0.2) is 12.7 Å². The average Bonchev–Trinajstić information content (AvgIpc) is 2.74. The summed E-state index contributed by atoms with van der Waals surface area (Å²) in [4.78, 5) is 25.5. The summed E-state index contributed by atoms with van der Waals surface area (Å²) < 4.78 is 10.0. The Labute approximate surface area is 101 Å². The highest BCUT2D eigenvalue weighted by molar-refractivity contribution is 5.70. The molecule has 17 heavy (non-hydrogen) atoms. The Morgan fingerprint density at radius 1 is 1.59 bits per heavy atom. The Bertz CT molecular complexity index is 304. The van der Waals surface area contributed by atoms with Crippen molar-refractivity contribution < 1.29 is 19.1 Å². The van der Waals surface area contributed by atoms with Crippen LogP contribution < -0.4 is 0 Å². The van der Waals surface area contributed by atoms with E-state index in [1.54, 1.807) is 20.6 Å². The van der Waals surface area contributed by atoms with E-state index in [9.17, 15) is 9.59 Å². The standard InChI is InChI=1S/C11H17N2O4/c1-4-7-16-11(15)13-6-5-9(8-13)17-10(14)12(2)3/h4,6,9H,1,5,7-8H2,2-3H3. The van der Waals surface area contributed by atoms with Crippen LogP contribution >= 0.6 is 0 Å². The first-order valence-corrected chi connectivity index (χ1v) is 5.30. The molecule has 0 aromatic carbocycles. The molecule has 0 aromatic rings. The lowest BCUT2D eigenvalue weighted by atomic mass is 10.3. The van der Waals surface area contributed by atoms with Gasteiger partial charge in [0.1, 0.15) is 12.7 Å². The van der Waals surface area contributed by atoms with Gasteiger partial charge < -0.3 is 14.4 Å². The molecule has 0 aromatic heterocycles. The van der Waals surface area contributed by atoms with Crippen LogP contribution in [0.5, 0.6) is 0 Å². The van der Waals surface area contributed by atoms with E-state index < -0.39 is 12.2 Å². The van der Waals surface area contributed by atoms with Gasteiger partial charge in [-0.25, -0.2) is 9.59 Å². The predicted octanol–water partition coefficient (Wildman–Crippen LogP) is 1.24. The van der Waals surface area contributed by atoms with Crippen molar-refractivity contribution >= 4 is 12.2 Å². The summed E-state index contributed by atoms with van der Waals surface area (Å²) in [5.41, 5.74) is 0. The topological polar surface area (TPSA) is 59.1 Å². The maximum Gasteiger partial charge on any atom is 0.410 e. The van der Waals surface area contributed by atoms with Crippen molar-refractivity contribution in [2.75, 3.05) is 27.2 Å². The van der Waals surface area contributed by atoms with Crippen LogP contribution in [-0.2, 0) is 9.47 Å². The highest BCUT2D eigenvalue weighted by Gasteiger charge is 2.30. The first-order valence-electron chi connectivity index (χ1n) is 5.30. The van der Waals surface area contributed by atoms with E-state index in [1.807, 2.05) is 0 Å². The Kier molecular flexibility index (Phi) is 4.81. The molecule has 6 heteroatoms. The molecule has 2 amide bonds. The minimum atomic E-state index is -0.451. The van der Waals surface area contributed by atoms with Gasteiger partial charge in [0.15, 0.2) is 0 Å². The molecule has 95 valence electrons. The third-order valence-electron chi connectivity index (χ3n) is 2.18. The molecule has 1 aliphatic rings. The van der Waals surface area contributed by atoms with E-state index >= 15 is 0 Å². The molecule has 1 aliphatic heterocycles. The highest BCUT2D eigenvalue weighted by Crippen LogP contribution is 2.18. The second kappa shape index (κ2) is 6.12. The number of likely N-dealkylation sites (tertiary alicyclic amines) is 1. The van der Waals surface area contributed by atoms with E-state index in [2.05, 4.69) is 6.58 Å². The van der Waals surface area contributed by atoms with Crippen molar-refractivity contribution in [2.45, 2.75) is 12.5 Å². The average molecular weight is 241 g/mol. The minimum Gasteiger partial charge on any atom is -0.445 e. The molecule has 0 spiro atoms. The van der Waals surface area contributed by atoms with E-state index in [4.69, 9.17) is 9.47 Å². The summed E-state index contributed by atoms with van der Waals surface area (Å²) in [5.74, 6) is 0. The zero-order chi connectivity index (χ0) is 12.8. The Morgan fingerprint density at radius 2 is 2.29 bits per heavy atom. The van der Waals surface area contributed by atoms with Gasteiger partial charge in [-0.3, -0.25) is 4.90 Å². The molecular weight excluding hydrogens is 224 g/mol. The molecule has 1 rings (SSSR count). The van der Waals surface area contributed by atoms with Crippen LogP contribution in [0.1, 0.15) is 6.42 Å². The molecule has 1 radical (unpaired) electrons. The number of hydrogen-bond acceptors (Lipinski definition) is 4. The third kappa shape index (κ3) is 3.97. The number of ether oxygens (including phenoxy) is 2. The molecule has 1 heterocycles. The van der Waals surface area contributed by atoms with Crippen LogP contribution in [0.25, 0.3) is 0 Å². The summed E-state index contributed by atoms with van der Waals surface area (Å²) in [6.45, 7) is 5.62. The van der Waals surface area contributed by atoms with E-state index in [1.165, 1.54) is 15.9 Å². The lowest BCUT2D eigenvalue weighted by Gasteiger charge is -2.17. The number of carbonyl (C=O) groups is 2. The maximum absolute atomic E-state index is 11.4. The Hall–Kier alpha value is -1.72. The number of carbonyl (C=O) groups excluding carboxylic acids is 2. The van der Waals surface area contributed by atoms with Gasteiger partial charge in [-0.05, 0) is 0 Å². The molecule has 1 fully saturated rings. The zero-order valence-electron chi connectivity index (χ0n) is 10.1. The monoisotopic (exact) mass is 241 g/mol. The number of nitrogens with zero attached hydrogens (tertiary/aromatic N) is 2. The van der Waals surface area contributed by atoms with Crippen molar-refractivity contribution in [1.82, 2.24) is 9.80 Å². The smallest absolute Gasteiger partial charge is 0.410 e. The van der Waals surface area contributed by atoms with Gasteiger partial charge in [0, 0.05) is 20.5 Å². The van der Waals surface area contributed by atoms with Gasteiger partial charge in [-0.15, -0.1) is 0 Å². The summed E-state index contributed by atoms with van der Waals surface area (Å²) in [6, 6.07) is 0. The van der Waals surface area contributed by atoms with E-state index in [0.29, 0.717) is 13.0 Å². The van der Waals surface area contributed by atoms with Gasteiger partial charge in [-0.2, -0.15) is 0 Å². The molecule has 6 nitrogen and oxygen atoms in total. The summed E-state index contributed by atoms with van der Waals surface area (Å²) in [7, 11) is 3.22. The van der Waals surface area contributed by atoms with E-state index in [-0.39, 0.29) is 12.7 Å². The van der Waals surface area contributed by atoms with Crippen LogP contribution in [0, 0.1) is 6.54 Å². The molecule has 1 atom stereocenters. The minimum absolute atomic E-state index is 0.172. The molecule has 1 unspecified atom stereocenters. The van der Waals surface area contributed by atoms with Crippen LogP contribution in [0.3, 0.4) is 0 Å². The molecule has 1 saturated heterocycles. The van der Waals surface area contributed by atoms with Gasteiger partial charge in [-0.1, -0.05) is 12.7 Å². The van der Waals surface area contributed by atoms with Crippen LogP contribution in [-0.4, -0.2) is 55.3 Å². The second-order valence-electron chi connectivity index (χ2n) is 3.84. The number of hydrogen-bond donors (Lipinski definition) is 0. The summed E-state index contributed by atoms with van der Waals surface area (Å²) in [5, 5.41) is 0. The van der Waals surface area contributed by atoms with E-state index in [0.717, 1.165) is 0 Å². The predicted molar refractivity (Wildman–Crippen MR) is 61.1 cm³/mol. The van der Waals surface area contributed by atoms with Crippen molar-refractivity contribution in [3.63, 3.8) is 0 Å². The van der Waals surface area contributed by atoms with Crippen molar-refractivity contribution in [2.24, 2.45) is 0 Å². The highest BCUT2D eigenvalue weighted by atomic mass is 16.6. The van der Waals surface area contributed by atoms with Gasteiger partial charge in [0.05, 0.1) is 13.1 Å². The molecule has 0 N–H and O–H groups in total. The third-order valence-corrected chi connectivity index (χ3v) is 2.18. The molecular formula is C11H17N2O4. The summed E-state index contributed by atoms with van der Waals surface area (Å²) >= 11 is 0. The van der Waals surface area contributed by atoms with Crippen LogP contribution in [0.2, 0.25) is 0 Å². The molecule has 0 bridgehead atoms. The fraction of sp³-hybridized carbons (Fsp3) is 0.545. The van der Waals surface area contributed by atoms with Crippen molar-refractivity contribution in [3.05, 3.63) is 19.2 Å². The quantitative estimate of drug-likeness (QED) is 0.697. The lowest BCUT2D eigenvalue weighted by Crippen LogP contribution is -2.32.